The van der Waals surface area contributed by atoms with Crippen molar-refractivity contribution in [3.8, 4) is 0 Å². The van der Waals surface area contributed by atoms with Gasteiger partial charge in [-0.1, -0.05) is 39.2 Å². The van der Waals surface area contributed by atoms with E-state index in [1.54, 1.807) is 18.3 Å². The molecule has 0 saturated heterocycles. The second kappa shape index (κ2) is 10.0. The zero-order chi connectivity index (χ0) is 20.1. The standard InChI is InChI=1S/C16H16F2N6.C4H8.CH4/c1-3-10(11-7-21-16(19)22-9(11)2)13-4-5-15-20-8-14(12(18)6-17)24(15)23-13;1-2-4-3-1;/h3-5,7-8,12H,6H2,1-2H3,(H2,19,21,22);1-4H2;1H4/b10-3+;;. The molecular weight excluding hydrogens is 374 g/mol. The highest BCUT2D eigenvalue weighted by Gasteiger charge is 2.18. The largest absolute Gasteiger partial charge is 0.368 e. The first-order valence-electron chi connectivity index (χ1n) is 9.36. The number of halogens is 2. The molecule has 0 amide bonds. The summed E-state index contributed by atoms with van der Waals surface area (Å²) in [6, 6.07) is 3.47. The summed E-state index contributed by atoms with van der Waals surface area (Å²) in [6.07, 6.45) is 9.00. The Balaban J connectivity index is 0.000000536. The first-order valence-corrected chi connectivity index (χ1v) is 9.36. The van der Waals surface area contributed by atoms with E-state index >= 15 is 0 Å². The monoisotopic (exact) mass is 402 g/mol. The van der Waals surface area contributed by atoms with Crippen molar-refractivity contribution in [2.75, 3.05) is 12.4 Å². The number of hydrogen-bond acceptors (Lipinski definition) is 5. The molecule has 1 unspecified atom stereocenters. The van der Waals surface area contributed by atoms with Crippen LogP contribution >= 0.6 is 0 Å². The van der Waals surface area contributed by atoms with Gasteiger partial charge in [-0.05, 0) is 26.0 Å². The van der Waals surface area contributed by atoms with Crippen LogP contribution in [-0.2, 0) is 0 Å². The molecule has 0 bridgehead atoms. The van der Waals surface area contributed by atoms with E-state index in [-0.39, 0.29) is 19.1 Å². The predicted molar refractivity (Wildman–Crippen MR) is 112 cm³/mol. The third kappa shape index (κ3) is 4.93. The van der Waals surface area contributed by atoms with Crippen LogP contribution in [0.3, 0.4) is 0 Å². The maximum absolute atomic E-state index is 13.7. The lowest BCUT2D eigenvalue weighted by Gasteiger charge is -2.11. The summed E-state index contributed by atoms with van der Waals surface area (Å²) in [7, 11) is 0. The maximum Gasteiger partial charge on any atom is 0.220 e. The number of nitrogen functional groups attached to an aromatic ring is 1. The van der Waals surface area contributed by atoms with Crippen LogP contribution in [-0.4, -0.2) is 31.2 Å². The molecule has 1 aliphatic rings. The van der Waals surface area contributed by atoms with Crippen LogP contribution in [0.1, 0.15) is 68.9 Å². The van der Waals surface area contributed by atoms with Crippen LogP contribution in [0.15, 0.2) is 30.6 Å². The number of aryl methyl sites for hydroxylation is 1. The van der Waals surface area contributed by atoms with Gasteiger partial charge in [0.25, 0.3) is 0 Å². The highest BCUT2D eigenvalue weighted by Crippen LogP contribution is 2.25. The molecule has 1 saturated carbocycles. The minimum atomic E-state index is -1.77. The van der Waals surface area contributed by atoms with E-state index in [1.807, 2.05) is 19.9 Å². The Labute approximate surface area is 169 Å². The van der Waals surface area contributed by atoms with Crippen molar-refractivity contribution in [1.82, 2.24) is 24.6 Å². The second-order valence-corrected chi connectivity index (χ2v) is 6.64. The second-order valence-electron chi connectivity index (χ2n) is 6.64. The summed E-state index contributed by atoms with van der Waals surface area (Å²) < 4.78 is 27.7. The van der Waals surface area contributed by atoms with Crippen molar-refractivity contribution in [2.24, 2.45) is 0 Å². The van der Waals surface area contributed by atoms with Crippen LogP contribution in [0.2, 0.25) is 0 Å². The lowest BCUT2D eigenvalue weighted by molar-refractivity contribution is 0.258. The van der Waals surface area contributed by atoms with E-state index in [1.165, 1.54) is 36.4 Å². The van der Waals surface area contributed by atoms with Gasteiger partial charge in [0, 0.05) is 17.3 Å². The zero-order valence-electron chi connectivity index (χ0n) is 16.1. The van der Waals surface area contributed by atoms with Crippen LogP contribution in [0.4, 0.5) is 14.7 Å². The topological polar surface area (TPSA) is 82.0 Å². The molecule has 6 nitrogen and oxygen atoms in total. The van der Waals surface area contributed by atoms with Crippen LogP contribution in [0.25, 0.3) is 11.2 Å². The Bertz CT molecular complexity index is 974. The van der Waals surface area contributed by atoms with Crippen molar-refractivity contribution in [2.45, 2.75) is 53.1 Å². The van der Waals surface area contributed by atoms with E-state index in [9.17, 15) is 8.78 Å². The number of anilines is 1. The van der Waals surface area contributed by atoms with Crippen molar-refractivity contribution >= 4 is 17.2 Å². The summed E-state index contributed by atoms with van der Waals surface area (Å²) in [6.45, 7) is 2.55. The first-order chi connectivity index (χ1) is 13.5. The van der Waals surface area contributed by atoms with Crippen molar-refractivity contribution in [3.05, 3.63) is 53.2 Å². The molecule has 4 rings (SSSR count). The molecule has 1 fully saturated rings. The molecule has 3 aromatic rings. The fourth-order valence-electron chi connectivity index (χ4n) is 2.77. The Morgan fingerprint density at radius 1 is 1.21 bits per heavy atom. The molecule has 29 heavy (non-hydrogen) atoms. The highest BCUT2D eigenvalue weighted by atomic mass is 19.2. The smallest absolute Gasteiger partial charge is 0.220 e. The molecule has 3 aromatic heterocycles. The molecule has 3 heterocycles. The summed E-state index contributed by atoms with van der Waals surface area (Å²) in [4.78, 5) is 12.2. The number of allylic oxidation sites excluding steroid dienone is 1. The summed E-state index contributed by atoms with van der Waals surface area (Å²) in [5.74, 6) is 0.190. The normalized spacial score (nSPS) is 14.4. The predicted octanol–water partition coefficient (Wildman–Crippen LogP) is 5.04. The number of fused-ring (bicyclic) bond motifs is 1. The number of nitrogens with zero attached hydrogens (tertiary/aromatic N) is 5. The minimum Gasteiger partial charge on any atom is -0.368 e. The first kappa shape index (κ1) is 22.4. The van der Waals surface area contributed by atoms with Gasteiger partial charge in [-0.15, -0.1) is 0 Å². The summed E-state index contributed by atoms with van der Waals surface area (Å²) in [5, 5.41) is 4.41. The van der Waals surface area contributed by atoms with Gasteiger partial charge in [0.05, 0.1) is 23.3 Å². The lowest BCUT2D eigenvalue weighted by Crippen LogP contribution is -2.06. The fourth-order valence-corrected chi connectivity index (χ4v) is 2.77. The Hall–Kier alpha value is -2.90. The number of imidazole rings is 1. The number of rotatable bonds is 4. The van der Waals surface area contributed by atoms with E-state index in [0.717, 1.165) is 11.1 Å². The molecule has 0 spiro atoms. The van der Waals surface area contributed by atoms with E-state index < -0.39 is 12.8 Å². The molecule has 1 atom stereocenters. The van der Waals surface area contributed by atoms with E-state index in [2.05, 4.69) is 20.1 Å². The highest BCUT2D eigenvalue weighted by molar-refractivity contribution is 5.78. The SMILES string of the molecule is C.C/C=C(/c1ccc2ncc(C(F)CF)n2n1)c1cnc(N)nc1C.C1CCC1. The molecule has 0 aromatic carbocycles. The minimum absolute atomic E-state index is 0. The van der Waals surface area contributed by atoms with Gasteiger partial charge in [-0.3, -0.25) is 0 Å². The third-order valence-electron chi connectivity index (χ3n) is 4.70. The third-order valence-corrected chi connectivity index (χ3v) is 4.70. The number of aromatic nitrogens is 5. The van der Waals surface area contributed by atoms with Crippen LogP contribution < -0.4 is 5.73 Å². The van der Waals surface area contributed by atoms with Crippen molar-refractivity contribution in [1.29, 1.82) is 0 Å². The Morgan fingerprint density at radius 2 is 1.90 bits per heavy atom. The summed E-state index contributed by atoms with van der Waals surface area (Å²) in [5.41, 5.74) is 8.93. The molecule has 0 radical (unpaired) electrons. The molecule has 156 valence electrons. The zero-order valence-corrected chi connectivity index (χ0v) is 16.1. The van der Waals surface area contributed by atoms with Crippen molar-refractivity contribution in [3.63, 3.8) is 0 Å². The van der Waals surface area contributed by atoms with Gasteiger partial charge in [0.1, 0.15) is 6.67 Å². The average Bonchev–Trinajstić information content (AvgIpc) is 3.05. The van der Waals surface area contributed by atoms with Crippen molar-refractivity contribution < 1.29 is 8.78 Å². The lowest BCUT2D eigenvalue weighted by atomic mass is 10.0. The quantitative estimate of drug-likeness (QED) is 0.661. The van der Waals surface area contributed by atoms with Crippen LogP contribution in [0, 0.1) is 6.92 Å². The molecule has 8 heteroatoms. The Morgan fingerprint density at radius 3 is 2.45 bits per heavy atom. The number of hydrogen-bond donors (Lipinski definition) is 1. The van der Waals surface area contributed by atoms with Gasteiger partial charge < -0.3 is 5.73 Å². The van der Waals surface area contributed by atoms with Gasteiger partial charge in [0.2, 0.25) is 5.95 Å². The number of nitrogens with two attached hydrogens (primary N) is 1. The van der Waals surface area contributed by atoms with E-state index in [0.29, 0.717) is 17.0 Å². The maximum atomic E-state index is 13.7. The molecule has 2 N–H and O–H groups in total. The summed E-state index contributed by atoms with van der Waals surface area (Å²) >= 11 is 0. The van der Waals surface area contributed by atoms with Gasteiger partial charge in [-0.25, -0.2) is 28.2 Å². The molecule has 1 aliphatic carbocycles. The van der Waals surface area contributed by atoms with E-state index in [4.69, 9.17) is 5.73 Å². The number of alkyl halides is 2. The van der Waals surface area contributed by atoms with Gasteiger partial charge >= 0.3 is 0 Å². The van der Waals surface area contributed by atoms with Gasteiger partial charge in [0.15, 0.2) is 11.8 Å². The van der Waals surface area contributed by atoms with Gasteiger partial charge in [-0.2, -0.15) is 5.10 Å². The fraction of sp³-hybridized carbons (Fsp3) is 0.429. The Kier molecular flexibility index (Phi) is 7.75. The molecular formula is C21H28F2N6. The average molecular weight is 402 g/mol. The molecule has 0 aliphatic heterocycles. The van der Waals surface area contributed by atoms with Crippen LogP contribution in [0.5, 0.6) is 0 Å².